The van der Waals surface area contributed by atoms with Crippen LogP contribution in [0.1, 0.15) is 16.1 Å². The summed E-state index contributed by atoms with van der Waals surface area (Å²) in [6.07, 6.45) is 0. The Labute approximate surface area is 104 Å². The van der Waals surface area contributed by atoms with E-state index >= 15 is 0 Å². The Hall–Kier alpha value is -2.36. The van der Waals surface area contributed by atoms with E-state index in [4.69, 9.17) is 5.11 Å². The second-order valence-electron chi connectivity index (χ2n) is 4.08. The lowest BCUT2D eigenvalue weighted by atomic mass is 10.1. The van der Waals surface area contributed by atoms with Crippen molar-refractivity contribution in [2.75, 3.05) is 0 Å². The number of pyridine rings is 1. The number of aromatic nitrogens is 1. The van der Waals surface area contributed by atoms with E-state index < -0.39 is 11.4 Å². The summed E-state index contributed by atoms with van der Waals surface area (Å²) in [7, 11) is 1.75. The Morgan fingerprint density at radius 3 is 2.39 bits per heavy atom. The molecule has 1 aromatic heterocycles. The maximum Gasteiger partial charge on any atom is 0.341 e. The fourth-order valence-corrected chi connectivity index (χ4v) is 1.97. The third kappa shape index (κ3) is 1.93. The van der Waals surface area contributed by atoms with Gasteiger partial charge in [-0.05, 0) is 12.5 Å². The van der Waals surface area contributed by atoms with Gasteiger partial charge in [-0.25, -0.2) is 4.79 Å². The van der Waals surface area contributed by atoms with Crippen molar-refractivity contribution in [3.8, 4) is 11.3 Å². The molecule has 0 bridgehead atoms. The molecule has 4 nitrogen and oxygen atoms in total. The van der Waals surface area contributed by atoms with Crippen molar-refractivity contribution < 1.29 is 9.90 Å². The van der Waals surface area contributed by atoms with Gasteiger partial charge in [0.05, 0.1) is 5.69 Å². The van der Waals surface area contributed by atoms with Crippen molar-refractivity contribution in [2.24, 2.45) is 7.05 Å². The van der Waals surface area contributed by atoms with E-state index in [1.165, 1.54) is 6.07 Å². The van der Waals surface area contributed by atoms with Gasteiger partial charge in [-0.2, -0.15) is 0 Å². The molecule has 18 heavy (non-hydrogen) atoms. The zero-order valence-electron chi connectivity index (χ0n) is 10.2. The number of carboxylic acids is 1. The Morgan fingerprint density at radius 2 is 1.83 bits per heavy atom. The van der Waals surface area contributed by atoms with Gasteiger partial charge >= 0.3 is 5.97 Å². The Balaban J connectivity index is 2.74. The first-order chi connectivity index (χ1) is 8.52. The van der Waals surface area contributed by atoms with Crippen LogP contribution in [0.25, 0.3) is 11.3 Å². The second-order valence-corrected chi connectivity index (χ2v) is 4.08. The Kier molecular flexibility index (Phi) is 3.02. The van der Waals surface area contributed by atoms with Crippen LogP contribution in [0, 0.1) is 6.92 Å². The van der Waals surface area contributed by atoms with Gasteiger partial charge in [0.2, 0.25) is 0 Å². The largest absolute Gasteiger partial charge is 0.477 e. The second kappa shape index (κ2) is 4.49. The molecule has 0 unspecified atom stereocenters. The molecule has 1 heterocycles. The van der Waals surface area contributed by atoms with E-state index in [2.05, 4.69) is 0 Å². The van der Waals surface area contributed by atoms with Crippen LogP contribution in [0.15, 0.2) is 41.2 Å². The van der Waals surface area contributed by atoms with Crippen LogP contribution in [0.5, 0.6) is 0 Å². The average molecular weight is 243 g/mol. The predicted octanol–water partition coefficient (Wildman–Crippen LogP) is 2.06. The summed E-state index contributed by atoms with van der Waals surface area (Å²) in [5.41, 5.74) is 1.42. The summed E-state index contributed by atoms with van der Waals surface area (Å²) < 4.78 is 1.72. The molecular formula is C14H13NO3. The average Bonchev–Trinajstić information content (AvgIpc) is 2.34. The van der Waals surface area contributed by atoms with Crippen LogP contribution in [0.3, 0.4) is 0 Å². The van der Waals surface area contributed by atoms with E-state index in [-0.39, 0.29) is 5.56 Å². The first-order valence-electron chi connectivity index (χ1n) is 5.51. The molecule has 2 aromatic rings. The van der Waals surface area contributed by atoms with Crippen molar-refractivity contribution in [1.29, 1.82) is 0 Å². The van der Waals surface area contributed by atoms with Crippen LogP contribution in [-0.2, 0) is 7.05 Å². The number of benzene rings is 1. The molecule has 2 rings (SSSR count). The van der Waals surface area contributed by atoms with Crippen molar-refractivity contribution in [2.45, 2.75) is 6.92 Å². The molecule has 0 aliphatic carbocycles. The predicted molar refractivity (Wildman–Crippen MR) is 68.8 cm³/mol. The van der Waals surface area contributed by atoms with Crippen molar-refractivity contribution in [1.82, 2.24) is 4.57 Å². The molecule has 0 saturated carbocycles. The standard InChI is InChI=1S/C14H13NO3/c1-9-13(14(17)18)12(16)8-11(15(9)2)10-6-4-3-5-7-10/h3-8H,1-2H3,(H,17,18). The monoisotopic (exact) mass is 243 g/mol. The molecule has 0 amide bonds. The molecule has 0 atom stereocenters. The number of rotatable bonds is 2. The Morgan fingerprint density at radius 1 is 1.22 bits per heavy atom. The first-order valence-corrected chi connectivity index (χ1v) is 5.51. The highest BCUT2D eigenvalue weighted by atomic mass is 16.4. The normalized spacial score (nSPS) is 10.3. The van der Waals surface area contributed by atoms with Crippen LogP contribution < -0.4 is 5.43 Å². The lowest BCUT2D eigenvalue weighted by Gasteiger charge is -2.13. The minimum atomic E-state index is -1.19. The third-order valence-electron chi connectivity index (χ3n) is 3.02. The minimum absolute atomic E-state index is 0.169. The zero-order valence-corrected chi connectivity index (χ0v) is 10.2. The fourth-order valence-electron chi connectivity index (χ4n) is 1.97. The number of hydrogen-bond acceptors (Lipinski definition) is 2. The molecule has 0 fully saturated rings. The summed E-state index contributed by atoms with van der Waals surface area (Å²) in [5, 5.41) is 9.02. The highest BCUT2D eigenvalue weighted by molar-refractivity contribution is 5.89. The van der Waals surface area contributed by atoms with Gasteiger partial charge in [0.15, 0.2) is 5.43 Å². The van der Waals surface area contributed by atoms with Gasteiger partial charge in [0.1, 0.15) is 5.56 Å². The van der Waals surface area contributed by atoms with Gasteiger partial charge in [0.25, 0.3) is 0 Å². The summed E-state index contributed by atoms with van der Waals surface area (Å²) in [6.45, 7) is 1.64. The Bertz CT molecular complexity index is 657. The number of carbonyl (C=O) groups is 1. The maximum absolute atomic E-state index is 11.8. The molecule has 1 N–H and O–H groups in total. The summed E-state index contributed by atoms with van der Waals surface area (Å²) >= 11 is 0. The highest BCUT2D eigenvalue weighted by Crippen LogP contribution is 2.19. The van der Waals surface area contributed by atoms with Crippen LogP contribution in [0.2, 0.25) is 0 Å². The SMILES string of the molecule is Cc1c(C(=O)O)c(=O)cc(-c2ccccc2)n1C. The third-order valence-corrected chi connectivity index (χ3v) is 3.02. The molecule has 0 saturated heterocycles. The fraction of sp³-hybridized carbons (Fsp3) is 0.143. The van der Waals surface area contributed by atoms with E-state index in [1.54, 1.807) is 18.5 Å². The number of carboxylic acid groups (broad SMARTS) is 1. The van der Waals surface area contributed by atoms with Crippen LogP contribution >= 0.6 is 0 Å². The highest BCUT2D eigenvalue weighted by Gasteiger charge is 2.16. The summed E-state index contributed by atoms with van der Waals surface area (Å²) in [6, 6.07) is 10.8. The van der Waals surface area contributed by atoms with Gasteiger partial charge < -0.3 is 9.67 Å². The molecule has 92 valence electrons. The van der Waals surface area contributed by atoms with Crippen molar-refractivity contribution >= 4 is 5.97 Å². The molecule has 0 radical (unpaired) electrons. The molecular weight excluding hydrogens is 230 g/mol. The smallest absolute Gasteiger partial charge is 0.341 e. The van der Waals surface area contributed by atoms with E-state index in [1.807, 2.05) is 30.3 Å². The quantitative estimate of drug-likeness (QED) is 0.878. The number of aromatic carboxylic acids is 1. The van der Waals surface area contributed by atoms with Crippen molar-refractivity contribution in [3.05, 3.63) is 57.9 Å². The van der Waals surface area contributed by atoms with Crippen LogP contribution in [-0.4, -0.2) is 15.6 Å². The summed E-state index contributed by atoms with van der Waals surface area (Å²) in [4.78, 5) is 22.9. The van der Waals surface area contributed by atoms with Gasteiger partial charge in [0, 0.05) is 18.8 Å². The van der Waals surface area contributed by atoms with E-state index in [0.717, 1.165) is 5.56 Å². The minimum Gasteiger partial charge on any atom is -0.477 e. The first kappa shape index (κ1) is 12.1. The lowest BCUT2D eigenvalue weighted by molar-refractivity contribution is 0.0693. The number of hydrogen-bond donors (Lipinski definition) is 1. The van der Waals surface area contributed by atoms with Gasteiger partial charge in [-0.1, -0.05) is 30.3 Å². The molecule has 0 spiro atoms. The van der Waals surface area contributed by atoms with Crippen molar-refractivity contribution in [3.63, 3.8) is 0 Å². The molecule has 0 aliphatic rings. The van der Waals surface area contributed by atoms with Crippen LogP contribution in [0.4, 0.5) is 0 Å². The molecule has 0 aliphatic heterocycles. The summed E-state index contributed by atoms with van der Waals surface area (Å²) in [5.74, 6) is -1.19. The molecule has 4 heteroatoms. The van der Waals surface area contributed by atoms with E-state index in [9.17, 15) is 9.59 Å². The zero-order chi connectivity index (χ0) is 13.3. The topological polar surface area (TPSA) is 59.3 Å². The maximum atomic E-state index is 11.8. The molecule has 1 aromatic carbocycles. The van der Waals surface area contributed by atoms with Gasteiger partial charge in [-0.3, -0.25) is 4.79 Å². The number of nitrogens with zero attached hydrogens (tertiary/aromatic N) is 1. The van der Waals surface area contributed by atoms with Gasteiger partial charge in [-0.15, -0.1) is 0 Å². The lowest BCUT2D eigenvalue weighted by Crippen LogP contribution is -2.21. The van der Waals surface area contributed by atoms with E-state index in [0.29, 0.717) is 11.4 Å².